The van der Waals surface area contributed by atoms with Gasteiger partial charge < -0.3 is 5.32 Å². The van der Waals surface area contributed by atoms with Crippen molar-refractivity contribution in [3.63, 3.8) is 0 Å². The van der Waals surface area contributed by atoms with Gasteiger partial charge in [0.15, 0.2) is 0 Å². The van der Waals surface area contributed by atoms with Gasteiger partial charge in [0.25, 0.3) is 0 Å². The van der Waals surface area contributed by atoms with Gasteiger partial charge in [-0.2, -0.15) is 0 Å². The van der Waals surface area contributed by atoms with Crippen LogP contribution in [-0.2, 0) is 14.4 Å². The normalized spacial score (nSPS) is 20.9. The van der Waals surface area contributed by atoms with E-state index in [0.29, 0.717) is 18.5 Å². The van der Waals surface area contributed by atoms with E-state index >= 15 is 0 Å². The van der Waals surface area contributed by atoms with Gasteiger partial charge in [-0.15, -0.1) is 0 Å². The Bertz CT molecular complexity index is 916. The highest BCUT2D eigenvalue weighted by atomic mass is 32.2. The SMILES string of the molecule is O=C(CN1C(=O)C2CC=CCC2C1=O)Nc1ccccc1Sc1ccccc1. The molecule has 142 valence electrons. The van der Waals surface area contributed by atoms with E-state index in [1.165, 1.54) is 0 Å². The molecule has 1 aliphatic heterocycles. The first-order valence-electron chi connectivity index (χ1n) is 9.25. The number of allylic oxidation sites excluding steroid dienone is 2. The lowest BCUT2D eigenvalue weighted by molar-refractivity contribution is -0.142. The third kappa shape index (κ3) is 3.73. The zero-order valence-corrected chi connectivity index (χ0v) is 16.0. The first kappa shape index (κ1) is 18.5. The Hall–Kier alpha value is -2.86. The molecular formula is C22H20N2O3S. The molecule has 0 saturated carbocycles. The molecule has 1 N–H and O–H groups in total. The largest absolute Gasteiger partial charge is 0.323 e. The number of hydrogen-bond acceptors (Lipinski definition) is 4. The molecule has 4 rings (SSSR count). The van der Waals surface area contributed by atoms with Crippen LogP contribution in [0.5, 0.6) is 0 Å². The molecule has 0 radical (unpaired) electrons. The fourth-order valence-corrected chi connectivity index (χ4v) is 4.56. The number of anilines is 1. The lowest BCUT2D eigenvalue weighted by atomic mass is 9.85. The maximum atomic E-state index is 12.6. The summed E-state index contributed by atoms with van der Waals surface area (Å²) in [6.45, 7) is -0.241. The molecule has 0 spiro atoms. The third-order valence-corrected chi connectivity index (χ3v) is 6.12. The molecule has 0 bridgehead atoms. The predicted octanol–water partition coefficient (Wildman–Crippen LogP) is 3.73. The summed E-state index contributed by atoms with van der Waals surface area (Å²) in [5.41, 5.74) is 0.666. The number of nitrogens with one attached hydrogen (secondary N) is 1. The summed E-state index contributed by atoms with van der Waals surface area (Å²) in [5, 5.41) is 2.86. The number of carbonyl (C=O) groups excluding carboxylic acids is 3. The van der Waals surface area contributed by atoms with Crippen LogP contribution in [0.15, 0.2) is 76.5 Å². The third-order valence-electron chi connectivity index (χ3n) is 5.03. The van der Waals surface area contributed by atoms with E-state index in [0.717, 1.165) is 14.7 Å². The molecule has 0 aromatic heterocycles. The van der Waals surface area contributed by atoms with Crippen LogP contribution in [0, 0.1) is 11.8 Å². The number of fused-ring (bicyclic) bond motifs is 1. The van der Waals surface area contributed by atoms with E-state index in [4.69, 9.17) is 0 Å². The number of rotatable bonds is 5. The zero-order chi connectivity index (χ0) is 19.5. The number of carbonyl (C=O) groups is 3. The molecule has 1 saturated heterocycles. The predicted molar refractivity (Wildman–Crippen MR) is 108 cm³/mol. The molecule has 1 heterocycles. The first-order chi connectivity index (χ1) is 13.6. The van der Waals surface area contributed by atoms with Crippen LogP contribution in [0.25, 0.3) is 0 Å². The van der Waals surface area contributed by atoms with Crippen molar-refractivity contribution in [2.45, 2.75) is 22.6 Å². The fraction of sp³-hybridized carbons (Fsp3) is 0.227. The molecule has 2 unspecified atom stereocenters. The number of nitrogens with zero attached hydrogens (tertiary/aromatic N) is 1. The van der Waals surface area contributed by atoms with Gasteiger partial charge in [0.2, 0.25) is 17.7 Å². The number of para-hydroxylation sites is 1. The van der Waals surface area contributed by atoms with Crippen LogP contribution in [0.1, 0.15) is 12.8 Å². The summed E-state index contributed by atoms with van der Waals surface area (Å²) >= 11 is 1.55. The van der Waals surface area contributed by atoms with Crippen LogP contribution in [-0.4, -0.2) is 29.2 Å². The molecule has 3 amide bonds. The number of amides is 3. The molecule has 2 aromatic rings. The van der Waals surface area contributed by atoms with E-state index in [2.05, 4.69) is 5.32 Å². The monoisotopic (exact) mass is 392 g/mol. The Morgan fingerprint density at radius 2 is 1.54 bits per heavy atom. The van der Waals surface area contributed by atoms with Crippen LogP contribution >= 0.6 is 11.8 Å². The van der Waals surface area contributed by atoms with Gasteiger partial charge in [0.1, 0.15) is 6.54 Å². The minimum atomic E-state index is -0.366. The fourth-order valence-electron chi connectivity index (χ4n) is 3.63. The minimum absolute atomic E-state index is 0.235. The van der Waals surface area contributed by atoms with E-state index < -0.39 is 0 Å². The Balaban J connectivity index is 1.45. The van der Waals surface area contributed by atoms with Crippen LogP contribution in [0.4, 0.5) is 5.69 Å². The molecule has 2 aliphatic rings. The van der Waals surface area contributed by atoms with E-state index in [1.807, 2.05) is 66.7 Å². The standard InChI is InChI=1S/C22H20N2O3S/c25-20(14-24-21(26)16-10-4-5-11-17(16)22(24)27)23-18-12-6-7-13-19(18)28-15-8-2-1-3-9-15/h1-9,12-13,16-17H,10-11,14H2,(H,23,25). The molecule has 2 aromatic carbocycles. The number of imide groups is 1. The molecular weight excluding hydrogens is 372 g/mol. The Labute approximate surface area is 167 Å². The van der Waals surface area contributed by atoms with E-state index in [1.54, 1.807) is 11.8 Å². The Morgan fingerprint density at radius 3 is 2.21 bits per heavy atom. The van der Waals surface area contributed by atoms with E-state index in [-0.39, 0.29) is 36.1 Å². The minimum Gasteiger partial charge on any atom is -0.323 e. The number of likely N-dealkylation sites (tertiary alicyclic amines) is 1. The van der Waals surface area contributed by atoms with Gasteiger partial charge in [-0.05, 0) is 37.1 Å². The van der Waals surface area contributed by atoms with Crippen molar-refractivity contribution in [1.29, 1.82) is 0 Å². The van der Waals surface area contributed by atoms with Crippen molar-refractivity contribution >= 4 is 35.2 Å². The Kier molecular flexibility index (Phi) is 5.30. The molecule has 2 atom stereocenters. The molecule has 1 aliphatic carbocycles. The zero-order valence-electron chi connectivity index (χ0n) is 15.2. The summed E-state index contributed by atoms with van der Waals surface area (Å²) in [5.74, 6) is -1.46. The van der Waals surface area contributed by atoms with Crippen molar-refractivity contribution in [3.05, 3.63) is 66.7 Å². The molecule has 6 heteroatoms. The molecule has 1 fully saturated rings. The summed E-state index contributed by atoms with van der Waals surface area (Å²) in [6.07, 6.45) is 5.02. The highest BCUT2D eigenvalue weighted by Crippen LogP contribution is 2.35. The molecule has 28 heavy (non-hydrogen) atoms. The summed E-state index contributed by atoms with van der Waals surface area (Å²) in [7, 11) is 0. The summed E-state index contributed by atoms with van der Waals surface area (Å²) in [6, 6.07) is 17.4. The second-order valence-corrected chi connectivity index (χ2v) is 7.99. The summed E-state index contributed by atoms with van der Waals surface area (Å²) in [4.78, 5) is 40.7. The first-order valence-corrected chi connectivity index (χ1v) is 10.1. The van der Waals surface area contributed by atoms with Crippen LogP contribution < -0.4 is 5.32 Å². The van der Waals surface area contributed by atoms with Gasteiger partial charge in [-0.25, -0.2) is 0 Å². The van der Waals surface area contributed by atoms with Gasteiger partial charge >= 0.3 is 0 Å². The van der Waals surface area contributed by atoms with Gasteiger partial charge in [-0.1, -0.05) is 54.2 Å². The summed E-state index contributed by atoms with van der Waals surface area (Å²) < 4.78 is 0. The van der Waals surface area contributed by atoms with Crippen molar-refractivity contribution in [2.75, 3.05) is 11.9 Å². The quantitative estimate of drug-likeness (QED) is 0.622. The van der Waals surface area contributed by atoms with E-state index in [9.17, 15) is 14.4 Å². The average molecular weight is 392 g/mol. The second-order valence-electron chi connectivity index (χ2n) is 6.88. The second kappa shape index (κ2) is 8.02. The average Bonchev–Trinajstić information content (AvgIpc) is 2.95. The van der Waals surface area contributed by atoms with Crippen molar-refractivity contribution < 1.29 is 14.4 Å². The number of benzene rings is 2. The van der Waals surface area contributed by atoms with Crippen molar-refractivity contribution in [1.82, 2.24) is 4.90 Å². The lowest BCUT2D eigenvalue weighted by Gasteiger charge is -2.16. The Morgan fingerprint density at radius 1 is 0.929 bits per heavy atom. The maximum Gasteiger partial charge on any atom is 0.244 e. The lowest BCUT2D eigenvalue weighted by Crippen LogP contribution is -2.38. The van der Waals surface area contributed by atoms with Gasteiger partial charge in [0.05, 0.1) is 17.5 Å². The van der Waals surface area contributed by atoms with Crippen LogP contribution in [0.3, 0.4) is 0 Å². The highest BCUT2D eigenvalue weighted by molar-refractivity contribution is 7.99. The maximum absolute atomic E-state index is 12.6. The van der Waals surface area contributed by atoms with Gasteiger partial charge in [-0.3, -0.25) is 19.3 Å². The topological polar surface area (TPSA) is 66.5 Å². The van der Waals surface area contributed by atoms with Crippen LogP contribution in [0.2, 0.25) is 0 Å². The smallest absolute Gasteiger partial charge is 0.244 e. The van der Waals surface area contributed by atoms with Crippen molar-refractivity contribution in [2.24, 2.45) is 11.8 Å². The van der Waals surface area contributed by atoms with Crippen molar-refractivity contribution in [3.8, 4) is 0 Å². The molecule has 5 nitrogen and oxygen atoms in total. The number of hydrogen-bond donors (Lipinski definition) is 1. The highest BCUT2D eigenvalue weighted by Gasteiger charge is 2.47. The van der Waals surface area contributed by atoms with Gasteiger partial charge in [0, 0.05) is 9.79 Å².